The highest BCUT2D eigenvalue weighted by Crippen LogP contribution is 2.34. The molecule has 13 nitrogen and oxygen atoms in total. The Morgan fingerprint density at radius 3 is 2.36 bits per heavy atom. The van der Waals surface area contributed by atoms with Crippen molar-refractivity contribution in [1.82, 2.24) is 24.8 Å². The van der Waals surface area contributed by atoms with Crippen LogP contribution in [0.4, 0.5) is 15.4 Å². The molecule has 1 N–H and O–H groups in total. The Bertz CT molecular complexity index is 1710. The highest BCUT2D eigenvalue weighted by molar-refractivity contribution is 6.13. The summed E-state index contributed by atoms with van der Waals surface area (Å²) >= 11 is 0. The number of anilines is 1. The molecule has 0 spiro atoms. The van der Waals surface area contributed by atoms with Gasteiger partial charge in [-0.25, -0.2) is 19.6 Å². The van der Waals surface area contributed by atoms with Gasteiger partial charge in [0.15, 0.2) is 5.82 Å². The van der Waals surface area contributed by atoms with Gasteiger partial charge in [0, 0.05) is 30.9 Å². The lowest BCUT2D eigenvalue weighted by molar-refractivity contribution is -0.0156. The highest BCUT2D eigenvalue weighted by atomic mass is 16.6. The minimum Gasteiger partial charge on any atom is -0.491 e. The fraction of sp³-hybridized carbons (Fsp3) is 0.438. The number of aromatic nitrogens is 4. The molecule has 0 bridgehead atoms. The molecule has 3 aromatic heterocycles. The van der Waals surface area contributed by atoms with Crippen molar-refractivity contribution in [2.45, 2.75) is 77.9 Å². The van der Waals surface area contributed by atoms with Crippen LogP contribution in [0.5, 0.6) is 5.75 Å². The Balaban J connectivity index is 1.31. The van der Waals surface area contributed by atoms with Crippen LogP contribution in [0.3, 0.4) is 0 Å². The number of carbonyl (C=O) groups excluding carboxylic acids is 3. The number of amides is 3. The van der Waals surface area contributed by atoms with Crippen molar-refractivity contribution < 1.29 is 33.3 Å². The summed E-state index contributed by atoms with van der Waals surface area (Å²) in [6, 6.07) is 9.05. The van der Waals surface area contributed by atoms with Gasteiger partial charge in [-0.3, -0.25) is 9.78 Å². The zero-order valence-electron chi connectivity index (χ0n) is 26.5. The standard InChI is InChI=1S/C32H38N6O7/c1-31(2,3)44-29(40)38(30(41)45-32(4,5)6)27-23-12-13-37(26(23)35-18-36-27)25-11-10-22(43-25)17-42-21-9-8-19-14-20(28(39)33-7)16-34-24(19)15-21/h8-9,12-16,18,22,25H,10-11,17H2,1-7H3,(H,33,39). The molecule has 238 valence electrons. The number of imide groups is 1. The van der Waals surface area contributed by atoms with E-state index >= 15 is 0 Å². The number of rotatable bonds is 6. The van der Waals surface area contributed by atoms with Gasteiger partial charge in [-0.2, -0.15) is 4.90 Å². The Kier molecular flexibility index (Phi) is 8.66. The van der Waals surface area contributed by atoms with E-state index in [0.29, 0.717) is 40.9 Å². The lowest BCUT2D eigenvalue weighted by atomic mass is 10.1. The molecule has 3 amide bonds. The second-order valence-electron chi connectivity index (χ2n) is 12.7. The SMILES string of the molecule is CNC(=O)c1cnc2cc(OCC3CCC(n4ccc5c(N(C(=O)OC(C)(C)C)C(=O)OC(C)(C)C)ncnc54)O3)ccc2c1. The molecule has 0 saturated carbocycles. The van der Waals surface area contributed by atoms with Crippen LogP contribution in [0.1, 0.15) is 71.0 Å². The van der Waals surface area contributed by atoms with Gasteiger partial charge in [-0.1, -0.05) is 0 Å². The molecule has 13 heteroatoms. The summed E-state index contributed by atoms with van der Waals surface area (Å²) < 4.78 is 25.3. The second kappa shape index (κ2) is 12.3. The van der Waals surface area contributed by atoms with E-state index in [9.17, 15) is 14.4 Å². The molecule has 4 aromatic rings. The molecular formula is C32H38N6O7. The van der Waals surface area contributed by atoms with Crippen LogP contribution in [0.15, 0.2) is 49.1 Å². The van der Waals surface area contributed by atoms with E-state index in [-0.39, 0.29) is 24.1 Å². The Hall–Kier alpha value is -4.78. The first kappa shape index (κ1) is 31.6. The summed E-state index contributed by atoms with van der Waals surface area (Å²) in [5, 5.41) is 3.89. The van der Waals surface area contributed by atoms with Gasteiger partial charge in [-0.15, -0.1) is 0 Å². The smallest absolute Gasteiger partial charge is 0.425 e. The molecular weight excluding hydrogens is 580 g/mol. The van der Waals surface area contributed by atoms with E-state index in [2.05, 4.69) is 20.3 Å². The van der Waals surface area contributed by atoms with Gasteiger partial charge < -0.3 is 28.8 Å². The molecule has 0 aliphatic carbocycles. The zero-order valence-corrected chi connectivity index (χ0v) is 26.5. The molecule has 1 fully saturated rings. The van der Waals surface area contributed by atoms with Crippen LogP contribution in [0.25, 0.3) is 21.9 Å². The molecule has 1 aliphatic rings. The lowest BCUT2D eigenvalue weighted by Gasteiger charge is -2.28. The summed E-state index contributed by atoms with van der Waals surface area (Å²) in [6.07, 6.45) is 3.70. The van der Waals surface area contributed by atoms with Crippen LogP contribution < -0.4 is 15.0 Å². The van der Waals surface area contributed by atoms with Crippen LogP contribution in [0, 0.1) is 0 Å². The van der Waals surface area contributed by atoms with Gasteiger partial charge in [0.25, 0.3) is 5.91 Å². The van der Waals surface area contributed by atoms with E-state index in [1.54, 1.807) is 66.9 Å². The number of benzene rings is 1. The molecule has 0 radical (unpaired) electrons. The van der Waals surface area contributed by atoms with Crippen molar-refractivity contribution in [3.63, 3.8) is 0 Å². The predicted octanol–water partition coefficient (Wildman–Crippen LogP) is 5.77. The first-order chi connectivity index (χ1) is 21.2. The quantitative estimate of drug-likeness (QED) is 0.282. The third-order valence-electron chi connectivity index (χ3n) is 6.83. The van der Waals surface area contributed by atoms with Gasteiger partial charge in [0.1, 0.15) is 41.8 Å². The van der Waals surface area contributed by atoms with E-state index in [4.69, 9.17) is 18.9 Å². The lowest BCUT2D eigenvalue weighted by Crippen LogP contribution is -2.44. The number of ether oxygens (including phenoxy) is 4. The molecule has 45 heavy (non-hydrogen) atoms. The predicted molar refractivity (Wildman–Crippen MR) is 166 cm³/mol. The van der Waals surface area contributed by atoms with Crippen molar-refractivity contribution >= 4 is 45.8 Å². The number of nitrogens with zero attached hydrogens (tertiary/aromatic N) is 5. The number of hydrogen-bond donors (Lipinski definition) is 1. The van der Waals surface area contributed by atoms with Crippen LogP contribution in [0.2, 0.25) is 0 Å². The van der Waals surface area contributed by atoms with E-state index < -0.39 is 23.4 Å². The maximum atomic E-state index is 13.2. The largest absolute Gasteiger partial charge is 0.491 e. The number of pyridine rings is 1. The monoisotopic (exact) mass is 618 g/mol. The van der Waals surface area contributed by atoms with E-state index in [1.165, 1.54) is 12.5 Å². The van der Waals surface area contributed by atoms with Gasteiger partial charge in [0.05, 0.1) is 22.6 Å². The van der Waals surface area contributed by atoms with E-state index in [0.717, 1.165) is 16.7 Å². The summed E-state index contributed by atoms with van der Waals surface area (Å²) in [7, 11) is 1.58. The summed E-state index contributed by atoms with van der Waals surface area (Å²) in [6.45, 7) is 10.6. The average Bonchev–Trinajstić information content (AvgIpc) is 3.61. The van der Waals surface area contributed by atoms with Crippen molar-refractivity contribution in [3.8, 4) is 5.75 Å². The number of carbonyl (C=O) groups is 3. The van der Waals surface area contributed by atoms with Crippen LogP contribution in [-0.4, -0.2) is 68.6 Å². The summed E-state index contributed by atoms with van der Waals surface area (Å²) in [5.74, 6) is 0.495. The van der Waals surface area contributed by atoms with Gasteiger partial charge in [-0.05, 0) is 78.6 Å². The minimum atomic E-state index is -0.908. The average molecular weight is 619 g/mol. The molecule has 1 aliphatic heterocycles. The molecule has 2 unspecified atom stereocenters. The maximum Gasteiger partial charge on any atom is 0.425 e. The van der Waals surface area contributed by atoms with Crippen molar-refractivity contribution in [2.24, 2.45) is 0 Å². The Labute approximate surface area is 260 Å². The first-order valence-corrected chi connectivity index (χ1v) is 14.7. The molecule has 4 heterocycles. The normalized spacial score (nSPS) is 16.9. The Morgan fingerprint density at radius 1 is 0.978 bits per heavy atom. The molecule has 1 saturated heterocycles. The second-order valence-corrected chi connectivity index (χ2v) is 12.7. The highest BCUT2D eigenvalue weighted by Gasteiger charge is 2.36. The van der Waals surface area contributed by atoms with Crippen molar-refractivity contribution in [2.75, 3.05) is 18.6 Å². The topological polar surface area (TPSA) is 147 Å². The van der Waals surface area contributed by atoms with E-state index in [1.807, 2.05) is 22.8 Å². The van der Waals surface area contributed by atoms with Crippen LogP contribution >= 0.6 is 0 Å². The minimum absolute atomic E-state index is 0.0486. The summed E-state index contributed by atoms with van der Waals surface area (Å²) in [4.78, 5) is 52.3. The van der Waals surface area contributed by atoms with Gasteiger partial charge in [0.2, 0.25) is 0 Å². The third-order valence-corrected chi connectivity index (χ3v) is 6.83. The maximum absolute atomic E-state index is 13.2. The first-order valence-electron chi connectivity index (χ1n) is 14.7. The summed E-state index contributed by atoms with van der Waals surface area (Å²) in [5.41, 5.74) is -0.0263. The number of fused-ring (bicyclic) bond motifs is 2. The Morgan fingerprint density at radius 2 is 1.69 bits per heavy atom. The zero-order chi connectivity index (χ0) is 32.5. The van der Waals surface area contributed by atoms with Crippen LogP contribution in [-0.2, 0) is 14.2 Å². The van der Waals surface area contributed by atoms with Gasteiger partial charge >= 0.3 is 12.2 Å². The van der Waals surface area contributed by atoms with Crippen molar-refractivity contribution in [3.05, 3.63) is 54.6 Å². The number of nitrogens with one attached hydrogen (secondary N) is 1. The number of hydrogen-bond acceptors (Lipinski definition) is 10. The van der Waals surface area contributed by atoms with Crippen molar-refractivity contribution in [1.29, 1.82) is 0 Å². The fourth-order valence-electron chi connectivity index (χ4n) is 4.89. The molecule has 2 atom stereocenters. The molecule has 1 aromatic carbocycles. The fourth-order valence-corrected chi connectivity index (χ4v) is 4.89. The third kappa shape index (κ3) is 7.31. The molecule has 5 rings (SSSR count).